The van der Waals surface area contributed by atoms with Gasteiger partial charge in [0.25, 0.3) is 0 Å². The van der Waals surface area contributed by atoms with E-state index in [0.29, 0.717) is 43.4 Å². The van der Waals surface area contributed by atoms with E-state index in [9.17, 15) is 18.0 Å². The molecule has 2 aromatic carbocycles. The molecule has 10 heteroatoms. The van der Waals surface area contributed by atoms with E-state index >= 15 is 0 Å². The fourth-order valence-corrected chi connectivity index (χ4v) is 5.97. The maximum atomic E-state index is 13.3. The fraction of sp³-hybridized carbons (Fsp3) is 0.333. The number of ether oxygens (including phenoxy) is 2. The molecule has 0 aliphatic carbocycles. The SMILES string of the molecule is CC(=O)N[C@H](C(=O)N1CC2=C(C1)CN(S(=O)(=O)c1ccc3c(c1)OCCO3)C2)c1ccccc1. The first-order valence-electron chi connectivity index (χ1n) is 11.0. The molecular weight excluding hydrogens is 458 g/mol. The Morgan fingerprint density at radius 3 is 2.21 bits per heavy atom. The molecular formula is C24H25N3O6S. The summed E-state index contributed by atoms with van der Waals surface area (Å²) in [4.78, 5) is 26.8. The maximum absolute atomic E-state index is 13.3. The number of benzene rings is 2. The van der Waals surface area contributed by atoms with Gasteiger partial charge in [0.2, 0.25) is 21.8 Å². The summed E-state index contributed by atoms with van der Waals surface area (Å²) in [6.45, 7) is 3.32. The minimum Gasteiger partial charge on any atom is -0.486 e. The van der Waals surface area contributed by atoms with Crippen molar-refractivity contribution in [2.24, 2.45) is 0 Å². The van der Waals surface area contributed by atoms with Gasteiger partial charge in [0.1, 0.15) is 19.3 Å². The van der Waals surface area contributed by atoms with E-state index in [1.54, 1.807) is 23.1 Å². The molecule has 178 valence electrons. The quantitative estimate of drug-likeness (QED) is 0.646. The Morgan fingerprint density at radius 2 is 1.56 bits per heavy atom. The Hall–Kier alpha value is -3.37. The lowest BCUT2D eigenvalue weighted by atomic mass is 10.1. The molecule has 0 radical (unpaired) electrons. The second-order valence-electron chi connectivity index (χ2n) is 8.52. The average Bonchev–Trinajstić information content (AvgIpc) is 3.42. The second-order valence-corrected chi connectivity index (χ2v) is 10.5. The Morgan fingerprint density at radius 1 is 0.912 bits per heavy atom. The van der Waals surface area contributed by atoms with Crippen LogP contribution in [0.2, 0.25) is 0 Å². The van der Waals surface area contributed by atoms with Crippen LogP contribution in [0.25, 0.3) is 0 Å². The third-order valence-electron chi connectivity index (χ3n) is 6.19. The van der Waals surface area contributed by atoms with Crippen molar-refractivity contribution >= 4 is 21.8 Å². The van der Waals surface area contributed by atoms with Crippen LogP contribution in [0.5, 0.6) is 11.5 Å². The zero-order chi connectivity index (χ0) is 23.9. The molecule has 3 aliphatic heterocycles. The van der Waals surface area contributed by atoms with Crippen molar-refractivity contribution in [2.45, 2.75) is 17.9 Å². The van der Waals surface area contributed by atoms with Gasteiger partial charge in [-0.05, 0) is 28.8 Å². The van der Waals surface area contributed by atoms with Crippen molar-refractivity contribution in [1.82, 2.24) is 14.5 Å². The number of nitrogens with zero attached hydrogens (tertiary/aromatic N) is 2. The monoisotopic (exact) mass is 483 g/mol. The van der Waals surface area contributed by atoms with Gasteiger partial charge < -0.3 is 19.7 Å². The van der Waals surface area contributed by atoms with Crippen LogP contribution in [0.3, 0.4) is 0 Å². The van der Waals surface area contributed by atoms with Crippen LogP contribution in [0, 0.1) is 0 Å². The summed E-state index contributed by atoms with van der Waals surface area (Å²) in [7, 11) is -3.73. The van der Waals surface area contributed by atoms with E-state index < -0.39 is 16.1 Å². The normalized spacial score (nSPS) is 18.6. The van der Waals surface area contributed by atoms with Gasteiger partial charge >= 0.3 is 0 Å². The maximum Gasteiger partial charge on any atom is 0.250 e. The molecule has 3 aliphatic rings. The topological polar surface area (TPSA) is 105 Å². The second kappa shape index (κ2) is 8.77. The molecule has 5 rings (SSSR count). The van der Waals surface area contributed by atoms with Crippen LogP contribution in [0.1, 0.15) is 18.5 Å². The van der Waals surface area contributed by atoms with Gasteiger partial charge in [0.05, 0.1) is 4.90 Å². The molecule has 0 fully saturated rings. The van der Waals surface area contributed by atoms with Gasteiger partial charge in [0.15, 0.2) is 11.5 Å². The predicted octanol–water partition coefficient (Wildman–Crippen LogP) is 1.48. The number of amides is 2. The van der Waals surface area contributed by atoms with Gasteiger partial charge in [-0.2, -0.15) is 4.31 Å². The molecule has 3 heterocycles. The third kappa shape index (κ3) is 4.14. The molecule has 9 nitrogen and oxygen atoms in total. The molecule has 0 spiro atoms. The van der Waals surface area contributed by atoms with Crippen molar-refractivity contribution in [2.75, 3.05) is 39.4 Å². The number of carbonyl (C=O) groups excluding carboxylic acids is 2. The Bertz CT molecular complexity index is 1260. The number of carbonyl (C=O) groups is 2. The lowest BCUT2D eigenvalue weighted by Crippen LogP contribution is -2.43. The van der Waals surface area contributed by atoms with Gasteiger partial charge in [-0.3, -0.25) is 9.59 Å². The molecule has 2 aromatic rings. The lowest BCUT2D eigenvalue weighted by molar-refractivity contribution is -0.135. The van der Waals surface area contributed by atoms with Crippen molar-refractivity contribution in [1.29, 1.82) is 0 Å². The molecule has 0 saturated carbocycles. The minimum atomic E-state index is -3.73. The van der Waals surface area contributed by atoms with E-state index in [0.717, 1.165) is 11.1 Å². The third-order valence-corrected chi connectivity index (χ3v) is 7.98. The van der Waals surface area contributed by atoms with Crippen LogP contribution in [0.15, 0.2) is 64.6 Å². The highest BCUT2D eigenvalue weighted by Gasteiger charge is 2.39. The summed E-state index contributed by atoms with van der Waals surface area (Å²) in [6.07, 6.45) is 0. The Labute approximate surface area is 198 Å². The highest BCUT2D eigenvalue weighted by molar-refractivity contribution is 7.89. The summed E-state index contributed by atoms with van der Waals surface area (Å²) in [5, 5.41) is 2.74. The Balaban J connectivity index is 1.28. The summed E-state index contributed by atoms with van der Waals surface area (Å²) < 4.78 is 38.9. The van der Waals surface area contributed by atoms with Gasteiger partial charge in [-0.15, -0.1) is 0 Å². The standard InChI is InChI=1S/C24H25N3O6S/c1-16(28)25-23(17-5-3-2-4-6-17)24(29)26-12-18-14-27(15-19(18)13-26)34(30,31)20-7-8-21-22(11-20)33-10-9-32-21/h2-8,11,23H,9-10,12-15H2,1H3,(H,25,28)/t23-/m0/s1. The molecule has 34 heavy (non-hydrogen) atoms. The van der Waals surface area contributed by atoms with Crippen molar-refractivity contribution in [3.8, 4) is 11.5 Å². The number of nitrogens with one attached hydrogen (secondary N) is 1. The van der Waals surface area contributed by atoms with E-state index in [-0.39, 0.29) is 29.8 Å². The van der Waals surface area contributed by atoms with Crippen LogP contribution >= 0.6 is 0 Å². The van der Waals surface area contributed by atoms with Crippen molar-refractivity contribution in [3.05, 3.63) is 65.2 Å². The van der Waals surface area contributed by atoms with Crippen LogP contribution in [-0.4, -0.2) is 68.8 Å². The molecule has 1 N–H and O–H groups in total. The zero-order valence-corrected chi connectivity index (χ0v) is 19.5. The summed E-state index contributed by atoms with van der Waals surface area (Å²) in [5.74, 6) is 0.456. The molecule has 1 atom stereocenters. The number of hydrogen-bond acceptors (Lipinski definition) is 6. The largest absolute Gasteiger partial charge is 0.486 e. The summed E-state index contributed by atoms with van der Waals surface area (Å²) >= 11 is 0. The molecule has 0 aromatic heterocycles. The van der Waals surface area contributed by atoms with E-state index in [4.69, 9.17) is 9.47 Å². The van der Waals surface area contributed by atoms with Crippen molar-refractivity contribution < 1.29 is 27.5 Å². The summed E-state index contributed by atoms with van der Waals surface area (Å²) in [5.41, 5.74) is 2.55. The number of fused-ring (bicyclic) bond motifs is 1. The number of rotatable bonds is 5. The molecule has 2 amide bonds. The highest BCUT2D eigenvalue weighted by Crippen LogP contribution is 2.35. The van der Waals surface area contributed by atoms with Gasteiger partial charge in [0, 0.05) is 39.2 Å². The molecule has 0 unspecified atom stereocenters. The van der Waals surface area contributed by atoms with Gasteiger partial charge in [-0.1, -0.05) is 30.3 Å². The zero-order valence-electron chi connectivity index (χ0n) is 18.7. The van der Waals surface area contributed by atoms with E-state index in [1.165, 1.54) is 23.4 Å². The minimum absolute atomic E-state index is 0.153. The first-order chi connectivity index (χ1) is 16.3. The fourth-order valence-electron chi connectivity index (χ4n) is 4.52. The van der Waals surface area contributed by atoms with Crippen LogP contribution in [0.4, 0.5) is 0 Å². The Kier molecular flexibility index (Phi) is 5.78. The van der Waals surface area contributed by atoms with Gasteiger partial charge in [-0.25, -0.2) is 8.42 Å². The van der Waals surface area contributed by atoms with E-state index in [2.05, 4.69) is 5.32 Å². The van der Waals surface area contributed by atoms with Crippen molar-refractivity contribution in [3.63, 3.8) is 0 Å². The first-order valence-corrected chi connectivity index (χ1v) is 12.5. The number of hydrogen-bond donors (Lipinski definition) is 1. The molecule has 0 saturated heterocycles. The lowest BCUT2D eigenvalue weighted by Gasteiger charge is -2.27. The summed E-state index contributed by atoms with van der Waals surface area (Å²) in [6, 6.07) is 13.0. The highest BCUT2D eigenvalue weighted by atomic mass is 32.2. The smallest absolute Gasteiger partial charge is 0.250 e. The van der Waals surface area contributed by atoms with Crippen LogP contribution in [-0.2, 0) is 19.6 Å². The molecule has 0 bridgehead atoms. The average molecular weight is 484 g/mol. The van der Waals surface area contributed by atoms with Crippen LogP contribution < -0.4 is 14.8 Å². The first kappa shape index (κ1) is 22.4. The number of sulfonamides is 1. The van der Waals surface area contributed by atoms with E-state index in [1.807, 2.05) is 18.2 Å². The predicted molar refractivity (Wildman–Crippen MR) is 123 cm³/mol.